The monoisotopic (exact) mass is 465 g/mol. The number of piperidine rings is 1. The highest BCUT2D eigenvalue weighted by Crippen LogP contribution is 2.91. The van der Waals surface area contributed by atoms with E-state index in [2.05, 4.69) is 10.00 Å². The molecule has 2 saturated heterocycles. The lowest BCUT2D eigenvalue weighted by Gasteiger charge is -2.42. The van der Waals surface area contributed by atoms with Gasteiger partial charge in [-0.05, 0) is 61.5 Å². The minimum absolute atomic E-state index is 0.167. The van der Waals surface area contributed by atoms with Crippen LogP contribution in [0.2, 0.25) is 0 Å². The Morgan fingerprint density at radius 3 is 2.61 bits per heavy atom. The van der Waals surface area contributed by atoms with Crippen LogP contribution in [0.5, 0.6) is 0 Å². The Labute approximate surface area is 176 Å². The summed E-state index contributed by atoms with van der Waals surface area (Å²) in [7, 11) is -3.00. The topological polar surface area (TPSA) is 55.2 Å². The van der Waals surface area contributed by atoms with E-state index in [0.717, 1.165) is 36.6 Å². The third-order valence-electron chi connectivity index (χ3n) is 8.68. The van der Waals surface area contributed by atoms with Crippen LogP contribution < -0.4 is 0 Å². The van der Waals surface area contributed by atoms with Crippen molar-refractivity contribution in [1.29, 1.82) is 0 Å². The third kappa shape index (κ3) is 2.80. The van der Waals surface area contributed by atoms with Crippen molar-refractivity contribution in [2.75, 3.05) is 24.6 Å². The molecule has 2 bridgehead atoms. The Kier molecular flexibility index (Phi) is 3.95. The predicted molar refractivity (Wildman–Crippen MR) is 100 cm³/mol. The van der Waals surface area contributed by atoms with Gasteiger partial charge in [0.1, 0.15) is 6.54 Å². The van der Waals surface area contributed by atoms with Crippen molar-refractivity contribution >= 4 is 9.84 Å². The molecule has 2 aliphatic heterocycles. The second-order valence-corrected chi connectivity index (χ2v) is 12.5. The molecule has 4 aliphatic carbocycles. The van der Waals surface area contributed by atoms with Gasteiger partial charge in [0.2, 0.25) is 0 Å². The lowest BCUT2D eigenvalue weighted by atomic mass is 9.79. The molecule has 3 heterocycles. The van der Waals surface area contributed by atoms with Crippen LogP contribution in [0.3, 0.4) is 0 Å². The molecule has 6 atom stereocenters. The normalized spacial score (nSPS) is 43.0. The molecule has 0 N–H and O–H groups in total. The highest BCUT2D eigenvalue weighted by molar-refractivity contribution is 7.91. The van der Waals surface area contributed by atoms with Gasteiger partial charge in [0.05, 0.1) is 11.5 Å². The van der Waals surface area contributed by atoms with E-state index in [1.54, 1.807) is 0 Å². The van der Waals surface area contributed by atoms with Crippen molar-refractivity contribution in [3.05, 3.63) is 17.5 Å². The molecule has 7 rings (SSSR count). The van der Waals surface area contributed by atoms with Crippen LogP contribution >= 0.6 is 0 Å². The number of alkyl halides is 5. The molecule has 6 aliphatic rings. The molecule has 1 unspecified atom stereocenters. The van der Waals surface area contributed by atoms with Crippen molar-refractivity contribution in [2.45, 2.75) is 56.3 Å². The molecule has 5 nitrogen and oxygen atoms in total. The summed E-state index contributed by atoms with van der Waals surface area (Å²) in [4.78, 5) is 2.36. The van der Waals surface area contributed by atoms with Gasteiger partial charge in [-0.15, -0.1) is 0 Å². The van der Waals surface area contributed by atoms with E-state index in [4.69, 9.17) is 0 Å². The van der Waals surface area contributed by atoms with Gasteiger partial charge >= 0.3 is 6.18 Å². The Hall–Kier alpha value is -1.23. The van der Waals surface area contributed by atoms with Crippen LogP contribution in [0.25, 0.3) is 0 Å². The summed E-state index contributed by atoms with van der Waals surface area (Å²) in [5.74, 6) is 1.10. The van der Waals surface area contributed by atoms with Crippen molar-refractivity contribution in [1.82, 2.24) is 14.7 Å². The molecular weight excluding hydrogens is 441 g/mol. The fourth-order valence-corrected chi connectivity index (χ4v) is 9.78. The zero-order chi connectivity index (χ0) is 22.0. The standard InChI is InChI=1S/C20H24F5N3O2S/c21-15(22)8-28-14(7-13(26-28)20(23,24)25)19-11-6-12(17(19)16(11)19)27-4-1-2-18(9-27)3-5-31(29,30)10-18/h7,11-12,15-17H,1-6,8-10H2/t11-,12-,16-,17?,18-,19-/m1/s1. The van der Waals surface area contributed by atoms with Crippen LogP contribution in [0.1, 0.15) is 37.1 Å². The van der Waals surface area contributed by atoms with Crippen molar-refractivity contribution in [3.63, 3.8) is 0 Å². The van der Waals surface area contributed by atoms with Crippen LogP contribution in [0.4, 0.5) is 22.0 Å². The average molecular weight is 465 g/mol. The molecule has 4 saturated carbocycles. The van der Waals surface area contributed by atoms with E-state index >= 15 is 0 Å². The number of halogens is 5. The number of fused-ring (bicyclic) bond motifs is 1. The summed E-state index contributed by atoms with van der Waals surface area (Å²) in [5.41, 5.74) is -1.42. The fourth-order valence-electron chi connectivity index (χ4n) is 7.58. The minimum Gasteiger partial charge on any atom is -0.299 e. The first-order chi connectivity index (χ1) is 14.5. The summed E-state index contributed by atoms with van der Waals surface area (Å²) in [6.07, 6.45) is -4.09. The number of hydrogen-bond acceptors (Lipinski definition) is 4. The van der Waals surface area contributed by atoms with E-state index in [1.807, 2.05) is 0 Å². The second-order valence-electron chi connectivity index (χ2n) is 10.3. The number of likely N-dealkylation sites (tertiary alicyclic amines) is 1. The maximum absolute atomic E-state index is 13.2. The maximum atomic E-state index is 13.2. The number of rotatable bonds is 4. The van der Waals surface area contributed by atoms with Crippen LogP contribution in [-0.4, -0.2) is 60.2 Å². The van der Waals surface area contributed by atoms with Crippen molar-refractivity contribution < 1.29 is 30.4 Å². The maximum Gasteiger partial charge on any atom is 0.435 e. The number of aromatic nitrogens is 2. The second kappa shape index (κ2) is 6.01. The Morgan fingerprint density at radius 2 is 2.00 bits per heavy atom. The molecule has 6 fully saturated rings. The zero-order valence-corrected chi connectivity index (χ0v) is 17.6. The minimum atomic E-state index is -4.66. The van der Waals surface area contributed by atoms with Crippen molar-refractivity contribution in [3.8, 4) is 0 Å². The third-order valence-corrected chi connectivity index (χ3v) is 10.6. The largest absolute Gasteiger partial charge is 0.435 e. The van der Waals surface area contributed by atoms with E-state index in [9.17, 15) is 30.4 Å². The molecule has 1 aromatic rings. The summed E-state index contributed by atoms with van der Waals surface area (Å²) in [5, 5.41) is 3.49. The summed E-state index contributed by atoms with van der Waals surface area (Å²) >= 11 is 0. The van der Waals surface area contributed by atoms with Gasteiger partial charge in [-0.2, -0.15) is 18.3 Å². The van der Waals surface area contributed by atoms with Crippen LogP contribution in [0.15, 0.2) is 6.07 Å². The van der Waals surface area contributed by atoms with Gasteiger partial charge in [-0.1, -0.05) is 0 Å². The molecular formula is C20H24F5N3O2S. The van der Waals surface area contributed by atoms with E-state index in [1.165, 1.54) is 0 Å². The van der Waals surface area contributed by atoms with Gasteiger partial charge in [0.15, 0.2) is 15.5 Å². The molecule has 31 heavy (non-hydrogen) atoms. The Balaban J connectivity index is 1.25. The van der Waals surface area contributed by atoms with Gasteiger partial charge in [0.25, 0.3) is 6.43 Å². The van der Waals surface area contributed by atoms with Crippen LogP contribution in [-0.2, 0) is 28.0 Å². The van der Waals surface area contributed by atoms with Crippen molar-refractivity contribution in [2.24, 2.45) is 23.2 Å². The predicted octanol–water partition coefficient (Wildman–Crippen LogP) is 2.95. The van der Waals surface area contributed by atoms with Gasteiger partial charge in [-0.3, -0.25) is 9.58 Å². The number of nitrogens with zero attached hydrogens (tertiary/aromatic N) is 3. The lowest BCUT2D eigenvalue weighted by Crippen LogP contribution is -2.48. The van der Waals surface area contributed by atoms with Gasteiger partial charge in [-0.25, -0.2) is 17.2 Å². The molecule has 1 aromatic heterocycles. The molecule has 0 aromatic carbocycles. The van der Waals surface area contributed by atoms with E-state index in [0.29, 0.717) is 18.7 Å². The SMILES string of the molecule is O=S1(=O)CC[C@@]2(CCCN([C@@H]3C[C@@H]4[C@@H]5C3[C@@]45c3cc(C(F)(F)F)nn3CC(F)F)C2)C1. The smallest absolute Gasteiger partial charge is 0.299 e. The first kappa shape index (κ1) is 20.4. The quantitative estimate of drug-likeness (QED) is 0.642. The lowest BCUT2D eigenvalue weighted by molar-refractivity contribution is -0.141. The average Bonchev–Trinajstić information content (AvgIpc) is 3.14. The summed E-state index contributed by atoms with van der Waals surface area (Å²) < 4.78 is 90.8. The zero-order valence-electron chi connectivity index (χ0n) is 16.8. The number of sulfone groups is 1. The molecule has 0 radical (unpaired) electrons. The summed E-state index contributed by atoms with van der Waals surface area (Å²) in [6, 6.07) is 1.18. The van der Waals surface area contributed by atoms with Gasteiger partial charge < -0.3 is 0 Å². The molecule has 172 valence electrons. The van der Waals surface area contributed by atoms with Crippen LogP contribution in [0, 0.1) is 23.2 Å². The highest BCUT2D eigenvalue weighted by Gasteiger charge is 2.93. The summed E-state index contributed by atoms with van der Waals surface area (Å²) in [6.45, 7) is 0.754. The van der Waals surface area contributed by atoms with Gasteiger partial charge in [0, 0.05) is 23.7 Å². The Bertz CT molecular complexity index is 1030. The highest BCUT2D eigenvalue weighted by atomic mass is 32.2. The molecule has 1 spiro atoms. The van der Waals surface area contributed by atoms with E-state index in [-0.39, 0.29) is 40.7 Å². The Morgan fingerprint density at radius 1 is 1.23 bits per heavy atom. The first-order valence-electron chi connectivity index (χ1n) is 10.9. The fraction of sp³-hybridized carbons (Fsp3) is 0.850. The molecule has 11 heteroatoms. The molecule has 0 amide bonds. The number of hydrogen-bond donors (Lipinski definition) is 0. The van der Waals surface area contributed by atoms with E-state index < -0.39 is 40.1 Å². The first-order valence-corrected chi connectivity index (χ1v) is 12.7.